The predicted octanol–water partition coefficient (Wildman–Crippen LogP) is 1.83. The molecule has 0 spiro atoms. The van der Waals surface area contributed by atoms with Crippen molar-refractivity contribution in [2.45, 2.75) is 44.8 Å². The molecule has 1 atom stereocenters. The van der Waals surface area contributed by atoms with Gasteiger partial charge >= 0.3 is 0 Å². The standard InChI is InChI=1S/C7H16O2S/c1-4-7(5-2,6-3)10(8)9/h4-6H2,1-3H3,(H,8,9)/p-1. The summed E-state index contributed by atoms with van der Waals surface area (Å²) in [4.78, 5) is 0. The second kappa shape index (κ2) is 4.09. The lowest BCUT2D eigenvalue weighted by molar-refractivity contribution is 0.438. The molecular formula is C7H15O2S-. The molecule has 2 nitrogen and oxygen atoms in total. The van der Waals surface area contributed by atoms with Crippen LogP contribution in [0.3, 0.4) is 0 Å². The molecule has 3 heteroatoms. The smallest absolute Gasteiger partial charge is 0.0319 e. The molecule has 0 aromatic carbocycles. The topological polar surface area (TPSA) is 40.1 Å². The van der Waals surface area contributed by atoms with Gasteiger partial charge in [-0.1, -0.05) is 20.8 Å². The Morgan fingerprint density at radius 2 is 1.50 bits per heavy atom. The highest BCUT2D eigenvalue weighted by atomic mass is 32.2. The fraction of sp³-hybridized carbons (Fsp3) is 1.00. The van der Waals surface area contributed by atoms with E-state index in [1.807, 2.05) is 20.8 Å². The van der Waals surface area contributed by atoms with E-state index in [0.29, 0.717) is 0 Å². The minimum atomic E-state index is -1.91. The first-order valence-electron chi connectivity index (χ1n) is 3.72. The van der Waals surface area contributed by atoms with Crippen LogP contribution in [0.5, 0.6) is 0 Å². The maximum Gasteiger partial charge on any atom is 0.0319 e. The fourth-order valence-corrected chi connectivity index (χ4v) is 1.81. The molecule has 0 saturated heterocycles. The van der Waals surface area contributed by atoms with Crippen LogP contribution in [0.2, 0.25) is 0 Å². The van der Waals surface area contributed by atoms with Crippen LogP contribution in [-0.4, -0.2) is 13.5 Å². The lowest BCUT2D eigenvalue weighted by Crippen LogP contribution is -2.31. The van der Waals surface area contributed by atoms with E-state index in [-0.39, 0.29) is 0 Å². The molecule has 0 saturated carbocycles. The molecule has 0 amide bonds. The number of hydrogen-bond donors (Lipinski definition) is 0. The zero-order chi connectivity index (χ0) is 8.20. The summed E-state index contributed by atoms with van der Waals surface area (Å²) in [6.07, 6.45) is 2.16. The van der Waals surface area contributed by atoms with Gasteiger partial charge in [-0.05, 0) is 30.3 Å². The van der Waals surface area contributed by atoms with E-state index in [0.717, 1.165) is 19.3 Å². The van der Waals surface area contributed by atoms with Gasteiger partial charge in [-0.2, -0.15) is 0 Å². The Morgan fingerprint density at radius 3 is 1.50 bits per heavy atom. The van der Waals surface area contributed by atoms with Crippen molar-refractivity contribution >= 4 is 11.1 Å². The maximum atomic E-state index is 10.7. The Balaban J connectivity index is 4.31. The summed E-state index contributed by atoms with van der Waals surface area (Å²) in [5.41, 5.74) is 0. The van der Waals surface area contributed by atoms with E-state index in [9.17, 15) is 8.76 Å². The number of hydrogen-bond acceptors (Lipinski definition) is 2. The molecule has 0 aliphatic rings. The molecule has 0 radical (unpaired) electrons. The van der Waals surface area contributed by atoms with Crippen molar-refractivity contribution in [2.24, 2.45) is 0 Å². The second-order valence-corrected chi connectivity index (χ2v) is 3.81. The number of rotatable bonds is 4. The largest absolute Gasteiger partial charge is 0.772 e. The van der Waals surface area contributed by atoms with E-state index in [1.54, 1.807) is 0 Å². The minimum Gasteiger partial charge on any atom is -0.772 e. The zero-order valence-corrected chi connectivity index (χ0v) is 7.66. The molecule has 0 aliphatic carbocycles. The molecule has 0 aromatic heterocycles. The summed E-state index contributed by atoms with van der Waals surface area (Å²) < 4.78 is 21.0. The summed E-state index contributed by atoms with van der Waals surface area (Å²) in [6.45, 7) is 5.76. The van der Waals surface area contributed by atoms with E-state index in [1.165, 1.54) is 0 Å². The molecule has 0 fully saturated rings. The third-order valence-corrected chi connectivity index (χ3v) is 3.86. The van der Waals surface area contributed by atoms with Crippen LogP contribution in [-0.2, 0) is 11.1 Å². The maximum absolute atomic E-state index is 10.7. The molecule has 0 aliphatic heterocycles. The molecule has 0 aromatic rings. The highest BCUT2D eigenvalue weighted by molar-refractivity contribution is 7.80. The van der Waals surface area contributed by atoms with Crippen molar-refractivity contribution in [3.8, 4) is 0 Å². The predicted molar refractivity (Wildman–Crippen MR) is 42.5 cm³/mol. The summed E-state index contributed by atoms with van der Waals surface area (Å²) in [7, 11) is 0. The van der Waals surface area contributed by atoms with Crippen LogP contribution in [0.25, 0.3) is 0 Å². The Kier molecular flexibility index (Phi) is 4.13. The quantitative estimate of drug-likeness (QED) is 0.593. The van der Waals surface area contributed by atoms with Crippen molar-refractivity contribution in [3.63, 3.8) is 0 Å². The van der Waals surface area contributed by atoms with Crippen molar-refractivity contribution < 1.29 is 8.76 Å². The third kappa shape index (κ3) is 1.80. The first-order chi connectivity index (χ1) is 4.63. The van der Waals surface area contributed by atoms with Crippen LogP contribution in [0.4, 0.5) is 0 Å². The Hall–Kier alpha value is 0.110. The molecular weight excluding hydrogens is 148 g/mol. The molecule has 1 unspecified atom stereocenters. The highest BCUT2D eigenvalue weighted by Crippen LogP contribution is 2.25. The molecule has 0 rings (SSSR count). The SMILES string of the molecule is CCC(CC)(CC)S(=O)[O-]. The summed E-state index contributed by atoms with van der Waals surface area (Å²) >= 11 is -1.91. The zero-order valence-electron chi connectivity index (χ0n) is 6.85. The second-order valence-electron chi connectivity index (χ2n) is 2.48. The summed E-state index contributed by atoms with van der Waals surface area (Å²) in [5, 5.41) is 0. The van der Waals surface area contributed by atoms with Gasteiger partial charge in [0.2, 0.25) is 0 Å². The van der Waals surface area contributed by atoms with Gasteiger partial charge < -0.3 is 4.55 Å². The van der Waals surface area contributed by atoms with Crippen LogP contribution in [0.15, 0.2) is 0 Å². The van der Waals surface area contributed by atoms with E-state index >= 15 is 0 Å². The third-order valence-electron chi connectivity index (χ3n) is 2.29. The molecule has 10 heavy (non-hydrogen) atoms. The Labute approximate surface area is 65.3 Å². The van der Waals surface area contributed by atoms with Crippen LogP contribution in [0, 0.1) is 0 Å². The van der Waals surface area contributed by atoms with Gasteiger partial charge in [-0.15, -0.1) is 0 Å². The summed E-state index contributed by atoms with van der Waals surface area (Å²) in [5.74, 6) is 0. The van der Waals surface area contributed by atoms with E-state index in [4.69, 9.17) is 0 Å². The van der Waals surface area contributed by atoms with Crippen LogP contribution in [0.1, 0.15) is 40.0 Å². The fourth-order valence-electron chi connectivity index (χ4n) is 1.10. The van der Waals surface area contributed by atoms with Gasteiger partial charge in [0.1, 0.15) is 0 Å². The molecule has 0 heterocycles. The van der Waals surface area contributed by atoms with E-state index in [2.05, 4.69) is 0 Å². The van der Waals surface area contributed by atoms with Gasteiger partial charge in [0.15, 0.2) is 0 Å². The van der Waals surface area contributed by atoms with Crippen LogP contribution >= 0.6 is 0 Å². The van der Waals surface area contributed by atoms with Gasteiger partial charge in [-0.3, -0.25) is 4.21 Å². The Bertz CT molecular complexity index is 111. The first-order valence-corrected chi connectivity index (χ1v) is 4.79. The molecule has 0 N–H and O–H groups in total. The van der Waals surface area contributed by atoms with Gasteiger partial charge in [-0.25, -0.2) is 0 Å². The normalized spacial score (nSPS) is 15.2. The monoisotopic (exact) mass is 163 g/mol. The lowest BCUT2D eigenvalue weighted by Gasteiger charge is -2.32. The van der Waals surface area contributed by atoms with Crippen molar-refractivity contribution in [1.82, 2.24) is 0 Å². The van der Waals surface area contributed by atoms with Gasteiger partial charge in [0.25, 0.3) is 0 Å². The average Bonchev–Trinajstić information content (AvgIpc) is 1.92. The Morgan fingerprint density at radius 1 is 1.20 bits per heavy atom. The van der Waals surface area contributed by atoms with E-state index < -0.39 is 15.8 Å². The van der Waals surface area contributed by atoms with Gasteiger partial charge in [0.05, 0.1) is 0 Å². The van der Waals surface area contributed by atoms with Gasteiger partial charge in [0, 0.05) is 4.75 Å². The highest BCUT2D eigenvalue weighted by Gasteiger charge is 2.24. The summed E-state index contributed by atoms with van der Waals surface area (Å²) in [6, 6.07) is 0. The minimum absolute atomic E-state index is 0.458. The molecule has 62 valence electrons. The van der Waals surface area contributed by atoms with Crippen molar-refractivity contribution in [3.05, 3.63) is 0 Å². The lowest BCUT2D eigenvalue weighted by atomic mass is 9.99. The average molecular weight is 163 g/mol. The first kappa shape index (κ1) is 10.1. The van der Waals surface area contributed by atoms with Crippen molar-refractivity contribution in [1.29, 1.82) is 0 Å². The van der Waals surface area contributed by atoms with Crippen LogP contribution < -0.4 is 0 Å². The molecule has 0 bridgehead atoms. The van der Waals surface area contributed by atoms with Crippen molar-refractivity contribution in [2.75, 3.05) is 0 Å².